The number of ether oxygens (including phenoxy) is 1. The standard InChI is InChI=1S/C13H10FN3O4/c1-21-8-5-6-9(11(7-8)17(19)20)16-13(18)10-3-2-4-12(14)15-10/h2-7H,1H3,(H,16,18). The molecule has 0 radical (unpaired) electrons. The van der Waals surface area contributed by atoms with Crippen molar-refractivity contribution < 1.29 is 18.8 Å². The third kappa shape index (κ3) is 3.30. The van der Waals surface area contributed by atoms with Crippen LogP contribution in [-0.2, 0) is 0 Å². The van der Waals surface area contributed by atoms with Crippen molar-refractivity contribution in [1.82, 2.24) is 4.98 Å². The number of nitrogens with zero attached hydrogens (tertiary/aromatic N) is 2. The number of nitro groups is 1. The van der Waals surface area contributed by atoms with Gasteiger partial charge in [0.25, 0.3) is 11.6 Å². The van der Waals surface area contributed by atoms with E-state index in [1.54, 1.807) is 0 Å². The fourth-order valence-electron chi connectivity index (χ4n) is 1.62. The number of hydrogen-bond acceptors (Lipinski definition) is 5. The molecule has 2 rings (SSSR count). The Hall–Kier alpha value is -3.03. The Morgan fingerprint density at radius 2 is 2.14 bits per heavy atom. The van der Waals surface area contributed by atoms with E-state index in [1.807, 2.05) is 0 Å². The molecule has 0 fully saturated rings. The van der Waals surface area contributed by atoms with E-state index in [4.69, 9.17) is 4.74 Å². The van der Waals surface area contributed by atoms with Crippen LogP contribution in [0.5, 0.6) is 5.75 Å². The number of amides is 1. The molecule has 7 nitrogen and oxygen atoms in total. The number of pyridine rings is 1. The minimum Gasteiger partial charge on any atom is -0.496 e. The van der Waals surface area contributed by atoms with Crippen LogP contribution in [0.3, 0.4) is 0 Å². The van der Waals surface area contributed by atoms with Crippen LogP contribution in [0.1, 0.15) is 10.5 Å². The minimum absolute atomic E-state index is 0.0307. The van der Waals surface area contributed by atoms with Gasteiger partial charge in [-0.05, 0) is 24.3 Å². The van der Waals surface area contributed by atoms with Gasteiger partial charge in [-0.2, -0.15) is 4.39 Å². The van der Waals surface area contributed by atoms with E-state index in [-0.39, 0.29) is 22.8 Å². The molecule has 1 amide bonds. The average Bonchev–Trinajstić information content (AvgIpc) is 2.47. The highest BCUT2D eigenvalue weighted by Gasteiger charge is 2.18. The Morgan fingerprint density at radius 1 is 1.38 bits per heavy atom. The lowest BCUT2D eigenvalue weighted by atomic mass is 10.2. The summed E-state index contributed by atoms with van der Waals surface area (Å²) in [5.41, 5.74) is -0.545. The molecule has 0 aliphatic carbocycles. The number of nitro benzene ring substituents is 1. The van der Waals surface area contributed by atoms with Gasteiger partial charge in [0.1, 0.15) is 17.1 Å². The lowest BCUT2D eigenvalue weighted by Crippen LogP contribution is -2.15. The van der Waals surface area contributed by atoms with Crippen molar-refractivity contribution in [3.8, 4) is 5.75 Å². The van der Waals surface area contributed by atoms with E-state index in [2.05, 4.69) is 10.3 Å². The first-order valence-electron chi connectivity index (χ1n) is 5.77. The Morgan fingerprint density at radius 3 is 2.76 bits per heavy atom. The number of aromatic nitrogens is 1. The maximum Gasteiger partial charge on any atom is 0.296 e. The van der Waals surface area contributed by atoms with Gasteiger partial charge < -0.3 is 10.1 Å². The third-order valence-electron chi connectivity index (χ3n) is 2.60. The van der Waals surface area contributed by atoms with E-state index in [1.165, 1.54) is 37.4 Å². The Kier molecular flexibility index (Phi) is 4.07. The molecule has 1 N–H and O–H groups in total. The number of methoxy groups -OCH3 is 1. The Bertz CT molecular complexity index is 706. The van der Waals surface area contributed by atoms with Gasteiger partial charge >= 0.3 is 0 Å². The molecule has 0 spiro atoms. The molecule has 8 heteroatoms. The Labute approximate surface area is 118 Å². The minimum atomic E-state index is -0.813. The number of carbonyl (C=O) groups excluding carboxylic acids is 1. The van der Waals surface area contributed by atoms with Gasteiger partial charge in [-0.3, -0.25) is 14.9 Å². The maximum absolute atomic E-state index is 13.0. The molecule has 1 aromatic carbocycles. The van der Waals surface area contributed by atoms with Crippen molar-refractivity contribution in [2.45, 2.75) is 0 Å². The summed E-state index contributed by atoms with van der Waals surface area (Å²) in [6, 6.07) is 7.67. The zero-order valence-corrected chi connectivity index (χ0v) is 10.9. The number of nitrogens with one attached hydrogen (secondary N) is 1. The molecule has 0 aliphatic heterocycles. The maximum atomic E-state index is 13.0. The lowest BCUT2D eigenvalue weighted by molar-refractivity contribution is -0.384. The van der Waals surface area contributed by atoms with Crippen LogP contribution in [0.4, 0.5) is 15.8 Å². The fraction of sp³-hybridized carbons (Fsp3) is 0.0769. The van der Waals surface area contributed by atoms with E-state index in [0.29, 0.717) is 0 Å². The van der Waals surface area contributed by atoms with Crippen molar-refractivity contribution in [1.29, 1.82) is 0 Å². The molecule has 1 aromatic heterocycles. The topological polar surface area (TPSA) is 94.4 Å². The molecule has 21 heavy (non-hydrogen) atoms. The smallest absolute Gasteiger partial charge is 0.296 e. The number of benzene rings is 1. The zero-order chi connectivity index (χ0) is 15.4. The van der Waals surface area contributed by atoms with E-state index in [0.717, 1.165) is 6.07 Å². The molecule has 0 saturated carbocycles. The molecular formula is C13H10FN3O4. The first kappa shape index (κ1) is 14.4. The monoisotopic (exact) mass is 291 g/mol. The summed E-state index contributed by atoms with van der Waals surface area (Å²) < 4.78 is 17.8. The van der Waals surface area contributed by atoms with E-state index >= 15 is 0 Å². The largest absolute Gasteiger partial charge is 0.496 e. The molecule has 2 aromatic rings. The van der Waals surface area contributed by atoms with Crippen LogP contribution in [0.25, 0.3) is 0 Å². The highest BCUT2D eigenvalue weighted by molar-refractivity contribution is 6.04. The second-order valence-electron chi connectivity index (χ2n) is 3.94. The van der Waals surface area contributed by atoms with Crippen molar-refractivity contribution in [3.63, 3.8) is 0 Å². The van der Waals surface area contributed by atoms with Crippen LogP contribution >= 0.6 is 0 Å². The van der Waals surface area contributed by atoms with Crippen LogP contribution in [-0.4, -0.2) is 22.9 Å². The highest BCUT2D eigenvalue weighted by atomic mass is 19.1. The van der Waals surface area contributed by atoms with Gasteiger partial charge in [0.15, 0.2) is 0 Å². The van der Waals surface area contributed by atoms with Crippen LogP contribution in [0.15, 0.2) is 36.4 Å². The number of hydrogen-bond donors (Lipinski definition) is 1. The number of anilines is 1. The van der Waals surface area contributed by atoms with Crippen LogP contribution in [0, 0.1) is 16.1 Å². The molecule has 0 saturated heterocycles. The Balaban J connectivity index is 2.31. The summed E-state index contributed by atoms with van der Waals surface area (Å²) in [6.45, 7) is 0. The van der Waals surface area contributed by atoms with Gasteiger partial charge in [-0.25, -0.2) is 4.98 Å². The molecule has 0 atom stereocenters. The van der Waals surface area contributed by atoms with E-state index in [9.17, 15) is 19.3 Å². The van der Waals surface area contributed by atoms with Crippen molar-refractivity contribution in [2.24, 2.45) is 0 Å². The molecule has 1 heterocycles. The molecular weight excluding hydrogens is 281 g/mol. The number of rotatable bonds is 4. The van der Waals surface area contributed by atoms with Crippen LogP contribution < -0.4 is 10.1 Å². The third-order valence-corrected chi connectivity index (χ3v) is 2.60. The summed E-state index contributed by atoms with van der Waals surface area (Å²) in [7, 11) is 1.37. The average molecular weight is 291 g/mol. The summed E-state index contributed by atoms with van der Waals surface area (Å²) >= 11 is 0. The van der Waals surface area contributed by atoms with Gasteiger partial charge in [0.2, 0.25) is 5.95 Å². The van der Waals surface area contributed by atoms with E-state index < -0.39 is 16.8 Å². The van der Waals surface area contributed by atoms with Gasteiger partial charge in [-0.15, -0.1) is 0 Å². The quantitative estimate of drug-likeness (QED) is 0.530. The first-order chi connectivity index (χ1) is 10.0. The zero-order valence-electron chi connectivity index (χ0n) is 10.9. The van der Waals surface area contributed by atoms with Crippen LogP contribution in [0.2, 0.25) is 0 Å². The fourth-order valence-corrected chi connectivity index (χ4v) is 1.62. The summed E-state index contributed by atoms with van der Waals surface area (Å²) in [5, 5.41) is 13.3. The lowest BCUT2D eigenvalue weighted by Gasteiger charge is -2.07. The van der Waals surface area contributed by atoms with Gasteiger partial charge in [0.05, 0.1) is 18.1 Å². The van der Waals surface area contributed by atoms with Gasteiger partial charge in [-0.1, -0.05) is 6.07 Å². The number of halogens is 1. The van der Waals surface area contributed by atoms with Crippen molar-refractivity contribution in [3.05, 3.63) is 58.2 Å². The normalized spacial score (nSPS) is 10.0. The molecule has 0 bridgehead atoms. The molecule has 0 unspecified atom stereocenters. The molecule has 108 valence electrons. The van der Waals surface area contributed by atoms with Crippen molar-refractivity contribution in [2.75, 3.05) is 12.4 Å². The SMILES string of the molecule is COc1ccc(NC(=O)c2cccc(F)n2)c([N+](=O)[O-])c1. The van der Waals surface area contributed by atoms with Gasteiger partial charge in [0, 0.05) is 0 Å². The highest BCUT2D eigenvalue weighted by Crippen LogP contribution is 2.29. The summed E-state index contributed by atoms with van der Waals surface area (Å²) in [4.78, 5) is 25.6. The summed E-state index contributed by atoms with van der Waals surface area (Å²) in [5.74, 6) is -1.28. The first-order valence-corrected chi connectivity index (χ1v) is 5.77. The summed E-state index contributed by atoms with van der Waals surface area (Å²) in [6.07, 6.45) is 0. The second kappa shape index (κ2) is 5.95. The predicted octanol–water partition coefficient (Wildman–Crippen LogP) is 2.39. The second-order valence-corrected chi connectivity index (χ2v) is 3.94. The van der Waals surface area contributed by atoms with Crippen molar-refractivity contribution >= 4 is 17.3 Å². The molecule has 0 aliphatic rings. The number of carbonyl (C=O) groups is 1. The predicted molar refractivity (Wildman–Crippen MR) is 71.8 cm³/mol.